The van der Waals surface area contributed by atoms with Crippen molar-refractivity contribution in [3.8, 4) is 0 Å². The van der Waals surface area contributed by atoms with Gasteiger partial charge in [-0.3, -0.25) is 14.4 Å². The van der Waals surface area contributed by atoms with Gasteiger partial charge < -0.3 is 10.2 Å². The molecule has 1 aliphatic rings. The number of aliphatic carboxylic acids is 1. The van der Waals surface area contributed by atoms with Crippen LogP contribution in [0.25, 0.3) is 0 Å². The van der Waals surface area contributed by atoms with Crippen molar-refractivity contribution in [3.63, 3.8) is 0 Å². The van der Waals surface area contributed by atoms with Gasteiger partial charge in [-0.1, -0.05) is 31.9 Å². The van der Waals surface area contributed by atoms with Gasteiger partial charge in [0.15, 0.2) is 0 Å². The largest absolute Gasteiger partial charge is 0.481 e. The molecule has 2 N–H and O–H groups in total. The van der Waals surface area contributed by atoms with Crippen molar-refractivity contribution in [2.75, 3.05) is 0 Å². The minimum absolute atomic E-state index is 0.0677. The second-order valence-electron chi connectivity index (χ2n) is 7.04. The number of carboxylic acid groups (broad SMARTS) is 1. The zero-order chi connectivity index (χ0) is 18.7. The Balaban J connectivity index is 2.39. The summed E-state index contributed by atoms with van der Waals surface area (Å²) in [7, 11) is 0. The van der Waals surface area contributed by atoms with Crippen LogP contribution in [0.15, 0.2) is 12.2 Å². The number of aliphatic hydroxyl groups is 1. The first-order valence-corrected chi connectivity index (χ1v) is 9.55. The third-order valence-corrected chi connectivity index (χ3v) is 4.96. The highest BCUT2D eigenvalue weighted by molar-refractivity contribution is 5.85. The minimum Gasteiger partial charge on any atom is -0.481 e. The number of ketones is 2. The molecule has 1 aliphatic carbocycles. The van der Waals surface area contributed by atoms with E-state index >= 15 is 0 Å². The lowest BCUT2D eigenvalue weighted by Crippen LogP contribution is -2.21. The number of hydrogen-bond donors (Lipinski definition) is 2. The smallest absolute Gasteiger partial charge is 0.303 e. The predicted octanol–water partition coefficient (Wildman–Crippen LogP) is 3.68. The molecule has 25 heavy (non-hydrogen) atoms. The number of carbonyl (C=O) groups is 3. The van der Waals surface area contributed by atoms with E-state index in [0.29, 0.717) is 38.5 Å². The van der Waals surface area contributed by atoms with Crippen molar-refractivity contribution in [2.24, 2.45) is 11.8 Å². The molecule has 142 valence electrons. The van der Waals surface area contributed by atoms with Crippen molar-refractivity contribution in [2.45, 2.75) is 83.7 Å². The number of carboxylic acids is 1. The number of carbonyl (C=O) groups excluding carboxylic acids is 2. The lowest BCUT2D eigenvalue weighted by molar-refractivity contribution is -0.137. The number of Topliss-reactive ketones (excluding diaryl/α,β-unsaturated/α-hetero) is 2. The van der Waals surface area contributed by atoms with Crippen molar-refractivity contribution in [3.05, 3.63) is 12.2 Å². The van der Waals surface area contributed by atoms with Crippen molar-refractivity contribution >= 4 is 17.5 Å². The highest BCUT2D eigenvalue weighted by Gasteiger charge is 2.40. The van der Waals surface area contributed by atoms with Crippen molar-refractivity contribution in [1.29, 1.82) is 0 Å². The highest BCUT2D eigenvalue weighted by atomic mass is 16.4. The summed E-state index contributed by atoms with van der Waals surface area (Å²) in [4.78, 5) is 34.5. The summed E-state index contributed by atoms with van der Waals surface area (Å²) in [6.45, 7) is 2.10. The van der Waals surface area contributed by atoms with Crippen LogP contribution < -0.4 is 0 Å². The quantitative estimate of drug-likeness (QED) is 0.390. The van der Waals surface area contributed by atoms with Gasteiger partial charge in [-0.15, -0.1) is 0 Å². The monoisotopic (exact) mass is 352 g/mol. The van der Waals surface area contributed by atoms with Gasteiger partial charge in [0.25, 0.3) is 0 Å². The highest BCUT2D eigenvalue weighted by Crippen LogP contribution is 2.35. The van der Waals surface area contributed by atoms with E-state index in [1.54, 1.807) is 0 Å². The molecule has 0 saturated heterocycles. The van der Waals surface area contributed by atoms with Crippen LogP contribution in [0, 0.1) is 11.8 Å². The van der Waals surface area contributed by atoms with E-state index in [2.05, 4.69) is 6.92 Å². The summed E-state index contributed by atoms with van der Waals surface area (Å²) >= 11 is 0. The van der Waals surface area contributed by atoms with Gasteiger partial charge >= 0.3 is 5.97 Å². The lowest BCUT2D eigenvalue weighted by atomic mass is 9.86. The predicted molar refractivity (Wildman–Crippen MR) is 96.2 cm³/mol. The molecule has 1 unspecified atom stereocenters. The van der Waals surface area contributed by atoms with Gasteiger partial charge in [0.1, 0.15) is 11.6 Å². The fraction of sp³-hybridized carbons (Fsp3) is 0.750. The van der Waals surface area contributed by atoms with Crippen LogP contribution in [0.2, 0.25) is 0 Å². The van der Waals surface area contributed by atoms with Crippen LogP contribution in [0.4, 0.5) is 0 Å². The fourth-order valence-electron chi connectivity index (χ4n) is 3.47. The van der Waals surface area contributed by atoms with Crippen LogP contribution in [0.1, 0.15) is 77.6 Å². The van der Waals surface area contributed by atoms with Crippen LogP contribution in [0.3, 0.4) is 0 Å². The van der Waals surface area contributed by atoms with Gasteiger partial charge in [0, 0.05) is 31.6 Å². The molecule has 0 aliphatic heterocycles. The van der Waals surface area contributed by atoms with E-state index < -0.39 is 12.1 Å². The maximum absolute atomic E-state index is 12.1. The zero-order valence-corrected chi connectivity index (χ0v) is 15.3. The van der Waals surface area contributed by atoms with Gasteiger partial charge in [-0.25, -0.2) is 0 Å². The average Bonchev–Trinajstić information content (AvgIpc) is 2.82. The number of aliphatic hydroxyl groups excluding tert-OH is 1. The van der Waals surface area contributed by atoms with Crippen LogP contribution in [-0.2, 0) is 14.4 Å². The van der Waals surface area contributed by atoms with Gasteiger partial charge in [-0.2, -0.15) is 0 Å². The molecule has 1 rings (SSSR count). The first-order chi connectivity index (χ1) is 12.0. The lowest BCUT2D eigenvalue weighted by Gasteiger charge is -2.19. The number of hydrogen-bond acceptors (Lipinski definition) is 4. The molecule has 3 atom stereocenters. The van der Waals surface area contributed by atoms with Crippen molar-refractivity contribution < 1.29 is 24.6 Å². The Kier molecular flexibility index (Phi) is 10.3. The Bertz CT molecular complexity index is 469. The molecule has 0 spiro atoms. The summed E-state index contributed by atoms with van der Waals surface area (Å²) in [5, 5.41) is 18.7. The first-order valence-electron chi connectivity index (χ1n) is 9.55. The Hall–Kier alpha value is -1.49. The summed E-state index contributed by atoms with van der Waals surface area (Å²) in [6, 6.07) is 0. The molecule has 0 aromatic rings. The van der Waals surface area contributed by atoms with Crippen LogP contribution in [-0.4, -0.2) is 33.9 Å². The van der Waals surface area contributed by atoms with E-state index in [0.717, 1.165) is 19.3 Å². The second-order valence-corrected chi connectivity index (χ2v) is 7.04. The van der Waals surface area contributed by atoms with Gasteiger partial charge in [0.2, 0.25) is 0 Å². The number of unbranched alkanes of at least 4 members (excludes halogenated alkanes) is 3. The Morgan fingerprint density at radius 2 is 1.88 bits per heavy atom. The zero-order valence-electron chi connectivity index (χ0n) is 15.3. The molecule has 0 heterocycles. The molecular weight excluding hydrogens is 320 g/mol. The molecule has 0 aromatic heterocycles. The van der Waals surface area contributed by atoms with Crippen molar-refractivity contribution in [1.82, 2.24) is 0 Å². The Labute approximate surface area is 150 Å². The van der Waals surface area contributed by atoms with E-state index in [1.807, 2.05) is 12.2 Å². The van der Waals surface area contributed by atoms with Gasteiger partial charge in [-0.05, 0) is 38.0 Å². The molecule has 0 bridgehead atoms. The molecule has 0 radical (unpaired) electrons. The molecule has 1 fully saturated rings. The fourth-order valence-corrected chi connectivity index (χ4v) is 3.47. The summed E-state index contributed by atoms with van der Waals surface area (Å²) in [5.41, 5.74) is 0. The topological polar surface area (TPSA) is 91.7 Å². The van der Waals surface area contributed by atoms with Crippen LogP contribution >= 0.6 is 0 Å². The SMILES string of the molecule is CCCCCC(=O)CCC1C(=O)C[C@H](O)[C@@H]1C/C=C\CCCC(=O)O. The number of rotatable bonds is 13. The molecule has 5 nitrogen and oxygen atoms in total. The molecule has 5 heteroatoms. The maximum atomic E-state index is 12.1. The van der Waals surface area contributed by atoms with Crippen LogP contribution in [0.5, 0.6) is 0 Å². The van der Waals surface area contributed by atoms with E-state index in [-0.39, 0.29) is 36.2 Å². The maximum Gasteiger partial charge on any atom is 0.303 e. The molecule has 0 amide bonds. The summed E-state index contributed by atoms with van der Waals surface area (Å²) in [6.07, 6.45) is 10.1. The first kappa shape index (κ1) is 21.6. The minimum atomic E-state index is -0.797. The summed E-state index contributed by atoms with van der Waals surface area (Å²) in [5.74, 6) is -0.863. The van der Waals surface area contributed by atoms with E-state index in [4.69, 9.17) is 5.11 Å². The standard InChI is InChI=1S/C20H32O5/c1-2-3-6-9-15(21)12-13-17-16(18(22)14-19(17)23)10-7-4-5-8-11-20(24)25/h4,7,16-18,22H,2-3,5-6,8-14H2,1H3,(H,24,25)/b7-4-/t16-,17?,18+/m1/s1. The Morgan fingerprint density at radius 3 is 2.56 bits per heavy atom. The normalized spacial score (nSPS) is 23.4. The van der Waals surface area contributed by atoms with E-state index in [1.165, 1.54) is 0 Å². The van der Waals surface area contributed by atoms with E-state index in [9.17, 15) is 19.5 Å². The number of allylic oxidation sites excluding steroid dienone is 2. The molecule has 0 aromatic carbocycles. The third kappa shape index (κ3) is 8.43. The van der Waals surface area contributed by atoms with Gasteiger partial charge in [0.05, 0.1) is 6.10 Å². The average molecular weight is 352 g/mol. The Morgan fingerprint density at radius 1 is 1.12 bits per heavy atom. The molecular formula is C20H32O5. The third-order valence-electron chi connectivity index (χ3n) is 4.96. The second kappa shape index (κ2) is 12.0. The molecule has 1 saturated carbocycles. The summed E-state index contributed by atoms with van der Waals surface area (Å²) < 4.78 is 0.